The first-order valence-corrected chi connectivity index (χ1v) is 8.88. The highest BCUT2D eigenvalue weighted by atomic mass is 19.1. The molecule has 8 heteroatoms. The molecule has 2 amide bonds. The zero-order valence-corrected chi connectivity index (χ0v) is 15.8. The van der Waals surface area contributed by atoms with Crippen molar-refractivity contribution in [2.75, 3.05) is 13.2 Å². The molecule has 0 unspecified atom stereocenters. The van der Waals surface area contributed by atoms with Gasteiger partial charge in [0.25, 0.3) is 11.8 Å². The predicted octanol–water partition coefficient (Wildman–Crippen LogP) is 1.42. The van der Waals surface area contributed by atoms with Gasteiger partial charge in [0.05, 0.1) is 6.04 Å². The van der Waals surface area contributed by atoms with Crippen LogP contribution in [-0.4, -0.2) is 42.8 Å². The summed E-state index contributed by atoms with van der Waals surface area (Å²) in [5, 5.41) is 4.80. The van der Waals surface area contributed by atoms with Crippen molar-refractivity contribution >= 4 is 23.6 Å². The average Bonchev–Trinajstić information content (AvgIpc) is 2.70. The molecular weight excluding hydrogens is 379 g/mol. The second-order valence-electron chi connectivity index (χ2n) is 6.27. The Morgan fingerprint density at radius 1 is 1.03 bits per heavy atom. The molecule has 0 spiro atoms. The van der Waals surface area contributed by atoms with Crippen LogP contribution >= 0.6 is 0 Å². The largest absolute Gasteiger partial charge is 0.454 e. The molecule has 152 valence electrons. The first kappa shape index (κ1) is 21.7. The van der Waals surface area contributed by atoms with Crippen LogP contribution in [0.3, 0.4) is 0 Å². The fraction of sp³-hybridized carbons (Fsp3) is 0.238. The number of ether oxygens (including phenoxy) is 1. The van der Waals surface area contributed by atoms with E-state index >= 15 is 0 Å². The lowest BCUT2D eigenvalue weighted by molar-refractivity contribution is -0.147. The summed E-state index contributed by atoms with van der Waals surface area (Å²) in [5.41, 5.74) is 0.936. The molecule has 1 atom stereocenters. The van der Waals surface area contributed by atoms with E-state index in [4.69, 9.17) is 4.74 Å². The Bertz CT molecular complexity index is 886. The van der Waals surface area contributed by atoms with Crippen molar-refractivity contribution < 1.29 is 28.3 Å². The molecule has 0 radical (unpaired) electrons. The molecular formula is C21H21FN2O5. The number of halogens is 1. The van der Waals surface area contributed by atoms with Crippen LogP contribution in [0.2, 0.25) is 0 Å². The number of rotatable bonds is 9. The summed E-state index contributed by atoms with van der Waals surface area (Å²) < 4.78 is 17.9. The number of esters is 1. The summed E-state index contributed by atoms with van der Waals surface area (Å²) in [4.78, 5) is 47.3. The van der Waals surface area contributed by atoms with Gasteiger partial charge in [0.2, 0.25) is 0 Å². The van der Waals surface area contributed by atoms with Gasteiger partial charge in [-0.05, 0) is 37.1 Å². The van der Waals surface area contributed by atoms with Crippen LogP contribution < -0.4 is 10.6 Å². The maximum atomic E-state index is 13.1. The Morgan fingerprint density at radius 2 is 1.76 bits per heavy atom. The number of amides is 2. The third-order valence-corrected chi connectivity index (χ3v) is 3.95. The minimum absolute atomic E-state index is 0.0563. The van der Waals surface area contributed by atoms with E-state index in [0.717, 1.165) is 11.6 Å². The molecule has 2 aromatic rings. The van der Waals surface area contributed by atoms with Gasteiger partial charge in [0.1, 0.15) is 12.4 Å². The van der Waals surface area contributed by atoms with Crippen molar-refractivity contribution in [1.29, 1.82) is 0 Å². The molecule has 0 aliphatic heterocycles. The molecule has 0 heterocycles. The van der Waals surface area contributed by atoms with Gasteiger partial charge in [-0.15, -0.1) is 0 Å². The van der Waals surface area contributed by atoms with E-state index in [-0.39, 0.29) is 11.3 Å². The Morgan fingerprint density at radius 3 is 2.41 bits per heavy atom. The van der Waals surface area contributed by atoms with E-state index in [9.17, 15) is 23.6 Å². The lowest BCUT2D eigenvalue weighted by Gasteiger charge is -2.16. The van der Waals surface area contributed by atoms with E-state index in [1.165, 1.54) is 25.1 Å². The number of Topliss-reactive ketones (excluding diaryl/α,β-unsaturated/α-hetero) is 1. The van der Waals surface area contributed by atoms with E-state index in [2.05, 4.69) is 10.6 Å². The molecule has 2 rings (SSSR count). The molecule has 0 aliphatic carbocycles. The maximum absolute atomic E-state index is 13.1. The minimum Gasteiger partial charge on any atom is -0.454 e. The summed E-state index contributed by atoms with van der Waals surface area (Å²) in [6.07, 6.45) is 0.319. The highest BCUT2D eigenvalue weighted by Crippen LogP contribution is 2.04. The Balaban J connectivity index is 1.76. The highest BCUT2D eigenvalue weighted by Gasteiger charge is 2.18. The van der Waals surface area contributed by atoms with Crippen molar-refractivity contribution in [3.8, 4) is 0 Å². The van der Waals surface area contributed by atoms with Gasteiger partial charge in [-0.25, -0.2) is 4.39 Å². The predicted molar refractivity (Wildman–Crippen MR) is 102 cm³/mol. The van der Waals surface area contributed by atoms with Crippen LogP contribution in [0.25, 0.3) is 0 Å². The monoisotopic (exact) mass is 400 g/mol. The zero-order chi connectivity index (χ0) is 21.2. The number of ketones is 1. The van der Waals surface area contributed by atoms with Crippen LogP contribution in [0.1, 0.15) is 22.8 Å². The molecule has 0 aliphatic rings. The maximum Gasteiger partial charge on any atom is 0.325 e. The average molecular weight is 400 g/mol. The lowest BCUT2D eigenvalue weighted by Crippen LogP contribution is -2.43. The number of hydrogen-bond acceptors (Lipinski definition) is 5. The van der Waals surface area contributed by atoms with Gasteiger partial charge in [-0.1, -0.05) is 36.4 Å². The minimum atomic E-state index is -0.840. The third-order valence-electron chi connectivity index (χ3n) is 3.95. The van der Waals surface area contributed by atoms with Crippen molar-refractivity contribution in [1.82, 2.24) is 10.6 Å². The molecule has 0 aromatic heterocycles. The van der Waals surface area contributed by atoms with Gasteiger partial charge in [-0.3, -0.25) is 19.2 Å². The van der Waals surface area contributed by atoms with E-state index in [1.54, 1.807) is 0 Å². The molecule has 0 bridgehead atoms. The van der Waals surface area contributed by atoms with Crippen LogP contribution in [-0.2, 0) is 25.5 Å². The molecule has 0 saturated carbocycles. The molecule has 0 fully saturated rings. The van der Waals surface area contributed by atoms with Crippen molar-refractivity contribution in [3.63, 3.8) is 0 Å². The van der Waals surface area contributed by atoms with E-state index in [1.807, 2.05) is 30.3 Å². The summed E-state index contributed by atoms with van der Waals surface area (Å²) in [6, 6.07) is 13.4. The standard InChI is InChI=1S/C21H21FN2O5/c1-14(25)18(10-15-6-3-2-4-7-15)24-19(26)13-29-20(27)12-23-21(28)16-8-5-9-17(22)11-16/h2-9,11,18H,10,12-13H2,1H3,(H,23,28)(H,24,26)/t18-/m1/s1. The Labute approximate surface area is 167 Å². The molecule has 7 nitrogen and oxygen atoms in total. The molecule has 0 saturated heterocycles. The third kappa shape index (κ3) is 7.53. The van der Waals surface area contributed by atoms with E-state index < -0.39 is 42.8 Å². The van der Waals surface area contributed by atoms with Gasteiger partial charge in [-0.2, -0.15) is 0 Å². The summed E-state index contributed by atoms with van der Waals surface area (Å²) in [7, 11) is 0. The smallest absolute Gasteiger partial charge is 0.325 e. The fourth-order valence-electron chi connectivity index (χ4n) is 2.46. The molecule has 29 heavy (non-hydrogen) atoms. The van der Waals surface area contributed by atoms with Crippen LogP contribution in [0.15, 0.2) is 54.6 Å². The first-order valence-electron chi connectivity index (χ1n) is 8.88. The number of carbonyl (C=O) groups excluding carboxylic acids is 4. The zero-order valence-electron chi connectivity index (χ0n) is 15.8. The summed E-state index contributed by atoms with van der Waals surface area (Å²) >= 11 is 0. The highest BCUT2D eigenvalue weighted by molar-refractivity contribution is 5.96. The fourth-order valence-corrected chi connectivity index (χ4v) is 2.46. The van der Waals surface area contributed by atoms with Crippen LogP contribution in [0.4, 0.5) is 4.39 Å². The quantitative estimate of drug-likeness (QED) is 0.620. The second-order valence-corrected chi connectivity index (χ2v) is 6.27. The van der Waals surface area contributed by atoms with Crippen molar-refractivity contribution in [2.24, 2.45) is 0 Å². The summed E-state index contributed by atoms with van der Waals surface area (Å²) in [5.74, 6) is -2.92. The van der Waals surface area contributed by atoms with Crippen LogP contribution in [0, 0.1) is 5.82 Å². The lowest BCUT2D eigenvalue weighted by atomic mass is 10.0. The van der Waals surface area contributed by atoms with Crippen molar-refractivity contribution in [2.45, 2.75) is 19.4 Å². The first-order chi connectivity index (χ1) is 13.8. The number of hydrogen-bond donors (Lipinski definition) is 2. The number of benzene rings is 2. The summed E-state index contributed by atoms with van der Waals surface area (Å²) in [6.45, 7) is 0.290. The SMILES string of the molecule is CC(=O)[C@@H](Cc1ccccc1)NC(=O)COC(=O)CNC(=O)c1cccc(F)c1. The van der Waals surface area contributed by atoms with Gasteiger partial charge in [0, 0.05) is 5.56 Å². The van der Waals surface area contributed by atoms with Gasteiger partial charge < -0.3 is 15.4 Å². The molecule has 2 N–H and O–H groups in total. The Kier molecular flexibility index (Phi) is 8.02. The van der Waals surface area contributed by atoms with E-state index in [0.29, 0.717) is 6.42 Å². The number of nitrogens with one attached hydrogen (secondary N) is 2. The topological polar surface area (TPSA) is 102 Å². The molecule has 2 aromatic carbocycles. The normalized spacial score (nSPS) is 11.2. The number of carbonyl (C=O) groups is 4. The second kappa shape index (κ2) is 10.7. The van der Waals surface area contributed by atoms with Gasteiger partial charge >= 0.3 is 5.97 Å². The van der Waals surface area contributed by atoms with Crippen LogP contribution in [0.5, 0.6) is 0 Å². The van der Waals surface area contributed by atoms with Gasteiger partial charge in [0.15, 0.2) is 12.4 Å². The van der Waals surface area contributed by atoms with Crippen molar-refractivity contribution in [3.05, 3.63) is 71.5 Å². The Hall–Kier alpha value is -3.55.